The summed E-state index contributed by atoms with van der Waals surface area (Å²) >= 11 is 0. The van der Waals surface area contributed by atoms with Gasteiger partial charge in [0.15, 0.2) is 0 Å². The number of nitrogens with one attached hydrogen (secondary N) is 1. The zero-order valence-electron chi connectivity index (χ0n) is 11.7. The zero-order valence-corrected chi connectivity index (χ0v) is 11.7. The van der Waals surface area contributed by atoms with Crippen molar-refractivity contribution >= 4 is 5.82 Å². The lowest BCUT2D eigenvalue weighted by Crippen LogP contribution is -2.34. The SMILES string of the molecule is CN(CCCNc1ccc(F)cn1)C1CCCCC1. The molecule has 1 saturated carbocycles. The molecule has 0 spiro atoms. The maximum absolute atomic E-state index is 12.7. The second kappa shape index (κ2) is 7.43. The van der Waals surface area contributed by atoms with E-state index in [4.69, 9.17) is 0 Å². The van der Waals surface area contributed by atoms with Gasteiger partial charge in [0.1, 0.15) is 11.6 Å². The number of rotatable bonds is 6. The summed E-state index contributed by atoms with van der Waals surface area (Å²) in [5.74, 6) is 0.462. The molecule has 1 aliphatic rings. The summed E-state index contributed by atoms with van der Waals surface area (Å²) in [5.41, 5.74) is 0. The van der Waals surface area contributed by atoms with Crippen molar-refractivity contribution in [2.75, 3.05) is 25.5 Å². The Morgan fingerprint density at radius 3 is 2.79 bits per heavy atom. The van der Waals surface area contributed by atoms with Crippen LogP contribution in [0.2, 0.25) is 0 Å². The summed E-state index contributed by atoms with van der Waals surface area (Å²) in [4.78, 5) is 6.47. The van der Waals surface area contributed by atoms with Gasteiger partial charge in [0, 0.05) is 12.6 Å². The van der Waals surface area contributed by atoms with Gasteiger partial charge in [-0.3, -0.25) is 0 Å². The monoisotopic (exact) mass is 265 g/mol. The van der Waals surface area contributed by atoms with Crippen LogP contribution in [-0.2, 0) is 0 Å². The standard InChI is InChI=1S/C15H24FN3/c1-19(14-6-3-2-4-7-14)11-5-10-17-15-9-8-13(16)12-18-15/h8-9,12,14H,2-7,10-11H2,1H3,(H,17,18). The molecule has 2 rings (SSSR count). The van der Waals surface area contributed by atoms with Crippen molar-refractivity contribution in [1.29, 1.82) is 0 Å². The van der Waals surface area contributed by atoms with E-state index in [0.29, 0.717) is 0 Å². The summed E-state index contributed by atoms with van der Waals surface area (Å²) in [6.45, 7) is 1.99. The Hall–Kier alpha value is -1.16. The average molecular weight is 265 g/mol. The van der Waals surface area contributed by atoms with Crippen LogP contribution in [0.25, 0.3) is 0 Å². The van der Waals surface area contributed by atoms with Gasteiger partial charge in [0.25, 0.3) is 0 Å². The molecule has 4 heteroatoms. The number of anilines is 1. The highest BCUT2D eigenvalue weighted by Crippen LogP contribution is 2.21. The predicted molar refractivity (Wildman–Crippen MR) is 76.8 cm³/mol. The normalized spacial score (nSPS) is 16.8. The van der Waals surface area contributed by atoms with Gasteiger partial charge in [-0.25, -0.2) is 9.37 Å². The molecule has 106 valence electrons. The van der Waals surface area contributed by atoms with Crippen molar-refractivity contribution in [2.45, 2.75) is 44.6 Å². The first kappa shape index (κ1) is 14.3. The Kier molecular flexibility index (Phi) is 5.58. The molecule has 0 bridgehead atoms. The topological polar surface area (TPSA) is 28.2 Å². The van der Waals surface area contributed by atoms with Crippen LogP contribution >= 0.6 is 0 Å². The van der Waals surface area contributed by atoms with Crippen LogP contribution in [0.3, 0.4) is 0 Å². The van der Waals surface area contributed by atoms with Gasteiger partial charge in [-0.1, -0.05) is 19.3 Å². The first-order valence-electron chi connectivity index (χ1n) is 7.31. The molecule has 1 N–H and O–H groups in total. The van der Waals surface area contributed by atoms with E-state index in [1.54, 1.807) is 6.07 Å². The molecule has 1 aromatic heterocycles. The molecule has 1 heterocycles. The van der Waals surface area contributed by atoms with Crippen molar-refractivity contribution in [3.05, 3.63) is 24.1 Å². The third-order valence-electron chi connectivity index (χ3n) is 3.92. The van der Waals surface area contributed by atoms with E-state index >= 15 is 0 Å². The van der Waals surface area contributed by atoms with Crippen LogP contribution in [-0.4, -0.2) is 36.1 Å². The number of halogens is 1. The fourth-order valence-electron chi connectivity index (χ4n) is 2.73. The molecular weight excluding hydrogens is 241 g/mol. The van der Waals surface area contributed by atoms with E-state index in [2.05, 4.69) is 22.2 Å². The maximum Gasteiger partial charge on any atom is 0.141 e. The minimum absolute atomic E-state index is 0.289. The van der Waals surface area contributed by atoms with E-state index in [0.717, 1.165) is 31.4 Å². The van der Waals surface area contributed by atoms with Gasteiger partial charge >= 0.3 is 0 Å². The number of nitrogens with zero attached hydrogens (tertiary/aromatic N) is 2. The van der Waals surface area contributed by atoms with Gasteiger partial charge < -0.3 is 10.2 Å². The lowest BCUT2D eigenvalue weighted by atomic mass is 9.94. The Labute approximate surface area is 115 Å². The Morgan fingerprint density at radius 2 is 2.11 bits per heavy atom. The third kappa shape index (κ3) is 4.78. The van der Waals surface area contributed by atoms with E-state index in [-0.39, 0.29) is 5.82 Å². The van der Waals surface area contributed by atoms with Gasteiger partial charge in [-0.2, -0.15) is 0 Å². The first-order chi connectivity index (χ1) is 9.25. The zero-order chi connectivity index (χ0) is 13.5. The van der Waals surface area contributed by atoms with Gasteiger partial charge in [0.05, 0.1) is 6.20 Å². The van der Waals surface area contributed by atoms with Crippen molar-refractivity contribution in [3.8, 4) is 0 Å². The Bertz CT molecular complexity index is 360. The van der Waals surface area contributed by atoms with Gasteiger partial charge in [-0.05, 0) is 45.0 Å². The number of hydrogen-bond donors (Lipinski definition) is 1. The minimum atomic E-state index is -0.289. The summed E-state index contributed by atoms with van der Waals surface area (Å²) < 4.78 is 12.7. The van der Waals surface area contributed by atoms with Gasteiger partial charge in [-0.15, -0.1) is 0 Å². The fourth-order valence-corrected chi connectivity index (χ4v) is 2.73. The second-order valence-corrected chi connectivity index (χ2v) is 5.41. The summed E-state index contributed by atoms with van der Waals surface area (Å²) in [7, 11) is 2.23. The first-order valence-corrected chi connectivity index (χ1v) is 7.31. The molecule has 0 aromatic carbocycles. The van der Waals surface area contributed by atoms with Crippen LogP contribution in [0, 0.1) is 5.82 Å². The number of aromatic nitrogens is 1. The highest BCUT2D eigenvalue weighted by Gasteiger charge is 2.17. The smallest absolute Gasteiger partial charge is 0.141 e. The minimum Gasteiger partial charge on any atom is -0.370 e. The van der Waals surface area contributed by atoms with Crippen LogP contribution in [0.4, 0.5) is 10.2 Å². The molecule has 1 aliphatic carbocycles. The fraction of sp³-hybridized carbons (Fsp3) is 0.667. The molecule has 0 atom stereocenters. The van der Waals surface area contributed by atoms with Crippen molar-refractivity contribution in [1.82, 2.24) is 9.88 Å². The molecule has 1 aromatic rings. The highest BCUT2D eigenvalue weighted by molar-refractivity contribution is 5.33. The lowest BCUT2D eigenvalue weighted by molar-refractivity contribution is 0.191. The molecule has 0 radical (unpaired) electrons. The van der Waals surface area contributed by atoms with E-state index < -0.39 is 0 Å². The summed E-state index contributed by atoms with van der Waals surface area (Å²) in [5, 5.41) is 3.23. The maximum atomic E-state index is 12.7. The lowest BCUT2D eigenvalue weighted by Gasteiger charge is -2.31. The summed E-state index contributed by atoms with van der Waals surface area (Å²) in [6.07, 6.45) is 9.21. The molecular formula is C15H24FN3. The molecule has 19 heavy (non-hydrogen) atoms. The Balaban J connectivity index is 1.62. The largest absolute Gasteiger partial charge is 0.370 e. The highest BCUT2D eigenvalue weighted by atomic mass is 19.1. The van der Waals surface area contributed by atoms with Gasteiger partial charge in [0.2, 0.25) is 0 Å². The predicted octanol–water partition coefficient (Wildman–Crippen LogP) is 3.29. The van der Waals surface area contributed by atoms with Crippen molar-refractivity contribution in [3.63, 3.8) is 0 Å². The third-order valence-corrected chi connectivity index (χ3v) is 3.92. The molecule has 0 amide bonds. The van der Waals surface area contributed by atoms with Crippen LogP contribution < -0.4 is 5.32 Å². The number of hydrogen-bond acceptors (Lipinski definition) is 3. The quantitative estimate of drug-likeness (QED) is 0.800. The second-order valence-electron chi connectivity index (χ2n) is 5.41. The molecule has 1 fully saturated rings. The van der Waals surface area contributed by atoms with E-state index in [1.807, 2.05) is 0 Å². The Morgan fingerprint density at radius 1 is 1.32 bits per heavy atom. The van der Waals surface area contributed by atoms with Crippen LogP contribution in [0.1, 0.15) is 38.5 Å². The number of pyridine rings is 1. The average Bonchev–Trinajstić information content (AvgIpc) is 2.46. The molecule has 3 nitrogen and oxygen atoms in total. The summed E-state index contributed by atoms with van der Waals surface area (Å²) in [6, 6.07) is 3.89. The van der Waals surface area contributed by atoms with E-state index in [9.17, 15) is 4.39 Å². The molecule has 0 saturated heterocycles. The van der Waals surface area contributed by atoms with Crippen LogP contribution in [0.5, 0.6) is 0 Å². The van der Waals surface area contributed by atoms with Crippen LogP contribution in [0.15, 0.2) is 18.3 Å². The van der Waals surface area contributed by atoms with Crippen molar-refractivity contribution < 1.29 is 4.39 Å². The van der Waals surface area contributed by atoms with Crippen molar-refractivity contribution in [2.24, 2.45) is 0 Å². The van der Waals surface area contributed by atoms with E-state index in [1.165, 1.54) is 44.4 Å². The molecule has 0 unspecified atom stereocenters. The molecule has 0 aliphatic heterocycles.